The van der Waals surface area contributed by atoms with Gasteiger partial charge in [-0.3, -0.25) is 0 Å². The van der Waals surface area contributed by atoms with Crippen LogP contribution in [0.15, 0.2) is 24.3 Å². The molecule has 0 radical (unpaired) electrons. The molecule has 0 heterocycles. The van der Waals surface area contributed by atoms with Crippen LogP contribution in [0, 0.1) is 0 Å². The lowest BCUT2D eigenvalue weighted by molar-refractivity contribution is 0.111. The fraction of sp³-hybridized carbons (Fsp3) is 0.455. The van der Waals surface area contributed by atoms with Crippen LogP contribution in [-0.2, 0) is 0 Å². The number of ether oxygens (including phenoxy) is 1. The third-order valence-corrected chi connectivity index (χ3v) is 2.33. The second-order valence-electron chi connectivity index (χ2n) is 3.29. The van der Waals surface area contributed by atoms with Crippen molar-refractivity contribution in [2.24, 2.45) is 5.73 Å². The number of rotatable bonds is 5. The fourth-order valence-electron chi connectivity index (χ4n) is 1.47. The maximum Gasteiger partial charge on any atom is 0.245 e. The summed E-state index contributed by atoms with van der Waals surface area (Å²) in [7, 11) is 1.54. The first-order chi connectivity index (χ1) is 7.19. The maximum atomic E-state index is 12.7. The van der Waals surface area contributed by atoms with Crippen LogP contribution in [0.1, 0.15) is 17.9 Å². The highest BCUT2D eigenvalue weighted by Crippen LogP contribution is 2.27. The Hall–Kier alpha value is -1.16. The first-order valence-corrected chi connectivity index (χ1v) is 4.81. The van der Waals surface area contributed by atoms with Crippen LogP contribution in [0.3, 0.4) is 0 Å². The van der Waals surface area contributed by atoms with Crippen molar-refractivity contribution in [2.75, 3.05) is 13.7 Å². The molecule has 0 aliphatic carbocycles. The number of benzene rings is 1. The van der Waals surface area contributed by atoms with Crippen LogP contribution < -0.4 is 10.5 Å². The van der Waals surface area contributed by atoms with E-state index >= 15 is 0 Å². The summed E-state index contributed by atoms with van der Waals surface area (Å²) in [5.41, 5.74) is 5.91. The zero-order chi connectivity index (χ0) is 11.3. The minimum Gasteiger partial charge on any atom is -0.497 e. The molecule has 2 nitrogen and oxygen atoms in total. The molecule has 0 aliphatic heterocycles. The van der Waals surface area contributed by atoms with Gasteiger partial charge in [0.25, 0.3) is 0 Å². The molecular formula is C11H15F2NO. The van der Waals surface area contributed by atoms with Crippen molar-refractivity contribution in [3.8, 4) is 5.75 Å². The summed E-state index contributed by atoms with van der Waals surface area (Å²) in [6.07, 6.45) is -2.08. The number of hydrogen-bond donors (Lipinski definition) is 1. The van der Waals surface area contributed by atoms with Crippen molar-refractivity contribution >= 4 is 0 Å². The van der Waals surface area contributed by atoms with E-state index in [9.17, 15) is 8.78 Å². The van der Waals surface area contributed by atoms with Gasteiger partial charge in [0, 0.05) is 5.92 Å². The van der Waals surface area contributed by atoms with E-state index < -0.39 is 12.3 Å². The highest BCUT2D eigenvalue weighted by atomic mass is 19.3. The zero-order valence-electron chi connectivity index (χ0n) is 8.62. The molecule has 4 heteroatoms. The first kappa shape index (κ1) is 11.9. The Bertz CT molecular complexity index is 287. The van der Waals surface area contributed by atoms with E-state index in [4.69, 9.17) is 10.5 Å². The second-order valence-corrected chi connectivity index (χ2v) is 3.29. The summed E-state index contributed by atoms with van der Waals surface area (Å²) in [6, 6.07) is 6.68. The van der Waals surface area contributed by atoms with Gasteiger partial charge in [0.2, 0.25) is 6.43 Å². The van der Waals surface area contributed by atoms with Crippen LogP contribution in [0.4, 0.5) is 8.78 Å². The third kappa shape index (κ3) is 3.16. The Balaban J connectivity index is 2.81. The summed E-state index contributed by atoms with van der Waals surface area (Å²) >= 11 is 0. The summed E-state index contributed by atoms with van der Waals surface area (Å²) in [5.74, 6) is -0.111. The third-order valence-electron chi connectivity index (χ3n) is 2.33. The van der Waals surface area contributed by atoms with Gasteiger partial charge in [-0.15, -0.1) is 0 Å². The van der Waals surface area contributed by atoms with Gasteiger partial charge in [-0.25, -0.2) is 8.78 Å². The summed E-state index contributed by atoms with van der Waals surface area (Å²) in [5, 5.41) is 0. The van der Waals surface area contributed by atoms with E-state index in [-0.39, 0.29) is 6.54 Å². The molecule has 0 aliphatic rings. The SMILES string of the molecule is COc1ccc(C(CCN)C(F)F)cc1. The van der Waals surface area contributed by atoms with Gasteiger partial charge in [0.15, 0.2) is 0 Å². The Morgan fingerprint density at radius 3 is 2.27 bits per heavy atom. The lowest BCUT2D eigenvalue weighted by Gasteiger charge is -2.15. The minimum atomic E-state index is -2.37. The van der Waals surface area contributed by atoms with Crippen molar-refractivity contribution in [2.45, 2.75) is 18.8 Å². The topological polar surface area (TPSA) is 35.2 Å². The molecule has 0 fully saturated rings. The first-order valence-electron chi connectivity index (χ1n) is 4.81. The van der Waals surface area contributed by atoms with Crippen LogP contribution in [0.2, 0.25) is 0 Å². The van der Waals surface area contributed by atoms with Crippen molar-refractivity contribution in [1.29, 1.82) is 0 Å². The molecule has 0 saturated heterocycles. The molecule has 0 bridgehead atoms. The fourth-order valence-corrected chi connectivity index (χ4v) is 1.47. The van der Waals surface area contributed by atoms with Crippen LogP contribution >= 0.6 is 0 Å². The number of hydrogen-bond acceptors (Lipinski definition) is 2. The number of alkyl halides is 2. The smallest absolute Gasteiger partial charge is 0.245 e. The van der Waals surface area contributed by atoms with Crippen molar-refractivity contribution < 1.29 is 13.5 Å². The van der Waals surface area contributed by atoms with E-state index in [0.717, 1.165) is 0 Å². The van der Waals surface area contributed by atoms with Gasteiger partial charge in [-0.1, -0.05) is 12.1 Å². The Morgan fingerprint density at radius 2 is 1.87 bits per heavy atom. The van der Waals surface area contributed by atoms with E-state index in [1.54, 1.807) is 31.4 Å². The normalized spacial score (nSPS) is 12.9. The molecule has 1 rings (SSSR count). The molecule has 1 atom stereocenters. The number of nitrogens with two attached hydrogens (primary N) is 1. The maximum absolute atomic E-state index is 12.7. The molecule has 1 aromatic rings. The zero-order valence-corrected chi connectivity index (χ0v) is 8.62. The molecule has 0 aromatic heterocycles. The Morgan fingerprint density at radius 1 is 1.27 bits per heavy atom. The van der Waals surface area contributed by atoms with Gasteiger partial charge in [0.05, 0.1) is 7.11 Å². The highest BCUT2D eigenvalue weighted by molar-refractivity contribution is 5.29. The molecule has 1 unspecified atom stereocenters. The molecule has 0 saturated carbocycles. The summed E-state index contributed by atoms with van der Waals surface area (Å²) in [4.78, 5) is 0. The van der Waals surface area contributed by atoms with Crippen LogP contribution in [-0.4, -0.2) is 20.1 Å². The number of halogens is 2. The average molecular weight is 215 g/mol. The van der Waals surface area contributed by atoms with E-state index in [2.05, 4.69) is 0 Å². The van der Waals surface area contributed by atoms with Crippen molar-refractivity contribution in [3.63, 3.8) is 0 Å². The molecular weight excluding hydrogens is 200 g/mol. The van der Waals surface area contributed by atoms with Gasteiger partial charge in [-0.05, 0) is 30.7 Å². The van der Waals surface area contributed by atoms with E-state index in [1.165, 1.54) is 0 Å². The van der Waals surface area contributed by atoms with E-state index in [1.807, 2.05) is 0 Å². The van der Waals surface area contributed by atoms with Gasteiger partial charge >= 0.3 is 0 Å². The van der Waals surface area contributed by atoms with Crippen LogP contribution in [0.25, 0.3) is 0 Å². The highest BCUT2D eigenvalue weighted by Gasteiger charge is 2.21. The molecule has 0 amide bonds. The lowest BCUT2D eigenvalue weighted by Crippen LogP contribution is -2.14. The van der Waals surface area contributed by atoms with Crippen LogP contribution in [0.5, 0.6) is 5.75 Å². The molecule has 1 aromatic carbocycles. The molecule has 2 N–H and O–H groups in total. The van der Waals surface area contributed by atoms with E-state index in [0.29, 0.717) is 17.7 Å². The molecule has 15 heavy (non-hydrogen) atoms. The lowest BCUT2D eigenvalue weighted by atomic mass is 9.96. The number of methoxy groups -OCH3 is 1. The predicted molar refractivity (Wildman–Crippen MR) is 55.4 cm³/mol. The summed E-state index contributed by atoms with van der Waals surface area (Å²) in [6.45, 7) is 0.265. The quantitative estimate of drug-likeness (QED) is 0.818. The monoisotopic (exact) mass is 215 g/mol. The second kappa shape index (κ2) is 5.66. The molecule has 0 spiro atoms. The largest absolute Gasteiger partial charge is 0.497 e. The van der Waals surface area contributed by atoms with Gasteiger partial charge in [0.1, 0.15) is 5.75 Å². The van der Waals surface area contributed by atoms with Crippen molar-refractivity contribution in [1.82, 2.24) is 0 Å². The average Bonchev–Trinajstić information content (AvgIpc) is 2.26. The molecule has 84 valence electrons. The van der Waals surface area contributed by atoms with Gasteiger partial charge in [-0.2, -0.15) is 0 Å². The Kier molecular flexibility index (Phi) is 4.49. The van der Waals surface area contributed by atoms with Crippen molar-refractivity contribution in [3.05, 3.63) is 29.8 Å². The standard InChI is InChI=1S/C11H15F2NO/c1-15-9-4-2-8(3-5-9)10(6-7-14)11(12)13/h2-5,10-11H,6-7,14H2,1H3. The minimum absolute atomic E-state index is 0.265. The predicted octanol–water partition coefficient (Wildman–Crippen LogP) is 2.39. The summed E-state index contributed by atoms with van der Waals surface area (Å²) < 4.78 is 30.3. The van der Waals surface area contributed by atoms with Gasteiger partial charge < -0.3 is 10.5 Å². The Labute approximate surface area is 88.0 Å².